The second kappa shape index (κ2) is 16.8. The molecular formula is C12H24. The van der Waals surface area contributed by atoms with Gasteiger partial charge < -0.3 is 0 Å². The molecule has 0 radical (unpaired) electrons. The van der Waals surface area contributed by atoms with Gasteiger partial charge in [0.05, 0.1) is 0 Å². The lowest BCUT2D eigenvalue weighted by Crippen LogP contribution is -1.70. The Morgan fingerprint density at radius 2 is 1.50 bits per heavy atom. The van der Waals surface area contributed by atoms with Crippen LogP contribution in [0.4, 0.5) is 0 Å². The first kappa shape index (κ1) is 14.0. The maximum Gasteiger partial charge on any atom is -0.0467 e. The number of hydrogen-bond acceptors (Lipinski definition) is 0. The number of rotatable bonds is 5. The highest BCUT2D eigenvalue weighted by Crippen LogP contribution is 2.00. The quantitative estimate of drug-likeness (QED) is 0.411. The van der Waals surface area contributed by atoms with Crippen molar-refractivity contribution >= 4 is 0 Å². The molecule has 0 aromatic carbocycles. The summed E-state index contributed by atoms with van der Waals surface area (Å²) < 4.78 is 0. The molecule has 12 heavy (non-hydrogen) atoms. The fourth-order valence-corrected chi connectivity index (χ4v) is 0.813. The monoisotopic (exact) mass is 168 g/mol. The van der Waals surface area contributed by atoms with Crippen molar-refractivity contribution in [3.8, 4) is 0 Å². The predicted molar refractivity (Wildman–Crippen MR) is 59.4 cm³/mol. The molecule has 0 fully saturated rings. The third-order valence-electron chi connectivity index (χ3n) is 1.54. The molecule has 0 aliphatic carbocycles. The molecule has 0 spiro atoms. The summed E-state index contributed by atoms with van der Waals surface area (Å²) in [5.41, 5.74) is 0. The molecule has 0 heteroatoms. The largest absolute Gasteiger partial charge is 0.0991 e. The minimum Gasteiger partial charge on any atom is -0.0991 e. The van der Waals surface area contributed by atoms with Crippen molar-refractivity contribution < 1.29 is 0 Å². The summed E-state index contributed by atoms with van der Waals surface area (Å²) in [7, 11) is 0. The van der Waals surface area contributed by atoms with Gasteiger partial charge in [-0.3, -0.25) is 0 Å². The van der Waals surface area contributed by atoms with E-state index < -0.39 is 0 Å². The SMILES string of the molecule is C=CC=CC.CCCCCCC. The van der Waals surface area contributed by atoms with E-state index >= 15 is 0 Å². The zero-order valence-corrected chi connectivity index (χ0v) is 8.97. The Labute approximate surface area is 78.4 Å². The summed E-state index contributed by atoms with van der Waals surface area (Å²) in [6.07, 6.45) is 12.6. The van der Waals surface area contributed by atoms with Gasteiger partial charge in [-0.15, -0.1) is 0 Å². The fourth-order valence-electron chi connectivity index (χ4n) is 0.813. The Hall–Kier alpha value is -0.520. The van der Waals surface area contributed by atoms with Crippen LogP contribution in [0.5, 0.6) is 0 Å². The molecule has 0 saturated carbocycles. The summed E-state index contributed by atoms with van der Waals surface area (Å²) in [6.45, 7) is 9.91. The summed E-state index contributed by atoms with van der Waals surface area (Å²) >= 11 is 0. The van der Waals surface area contributed by atoms with Crippen LogP contribution in [0.2, 0.25) is 0 Å². The second-order valence-electron chi connectivity index (χ2n) is 2.82. The fraction of sp³-hybridized carbons (Fsp3) is 0.667. The molecule has 0 atom stereocenters. The highest BCUT2D eigenvalue weighted by Gasteiger charge is 1.80. The van der Waals surface area contributed by atoms with Gasteiger partial charge in [-0.2, -0.15) is 0 Å². The topological polar surface area (TPSA) is 0 Å². The van der Waals surface area contributed by atoms with Crippen LogP contribution in [-0.2, 0) is 0 Å². The average molecular weight is 168 g/mol. The van der Waals surface area contributed by atoms with E-state index in [-0.39, 0.29) is 0 Å². The molecule has 0 nitrogen and oxygen atoms in total. The minimum absolute atomic E-state index is 1.36. The highest BCUT2D eigenvalue weighted by atomic mass is 13.9. The zero-order chi connectivity index (χ0) is 9.66. The Morgan fingerprint density at radius 3 is 1.67 bits per heavy atom. The van der Waals surface area contributed by atoms with E-state index in [4.69, 9.17) is 0 Å². The van der Waals surface area contributed by atoms with Gasteiger partial charge in [-0.05, 0) is 6.92 Å². The standard InChI is InChI=1S/C7H16.C5H8/c1-3-5-7-6-4-2;1-3-5-4-2/h3-7H2,1-2H3;3-5H,1H2,2H3. The van der Waals surface area contributed by atoms with E-state index in [1.54, 1.807) is 6.08 Å². The highest BCUT2D eigenvalue weighted by molar-refractivity contribution is 4.94. The molecule has 0 aromatic heterocycles. The normalized spacial score (nSPS) is 9.25. The van der Waals surface area contributed by atoms with Gasteiger partial charge in [0.1, 0.15) is 0 Å². The van der Waals surface area contributed by atoms with Crippen LogP contribution in [0.25, 0.3) is 0 Å². The van der Waals surface area contributed by atoms with E-state index in [2.05, 4.69) is 20.4 Å². The number of unbranched alkanes of at least 4 members (excludes halogenated alkanes) is 4. The van der Waals surface area contributed by atoms with Crippen molar-refractivity contribution in [2.24, 2.45) is 0 Å². The van der Waals surface area contributed by atoms with Gasteiger partial charge in [-0.25, -0.2) is 0 Å². The molecular weight excluding hydrogens is 144 g/mol. The predicted octanol–water partition coefficient (Wildman–Crippen LogP) is 4.73. The molecule has 0 aliphatic rings. The van der Waals surface area contributed by atoms with Gasteiger partial charge in [0, 0.05) is 0 Å². The van der Waals surface area contributed by atoms with E-state index in [1.165, 1.54) is 32.1 Å². The molecule has 72 valence electrons. The zero-order valence-electron chi connectivity index (χ0n) is 8.97. The summed E-state index contributed by atoms with van der Waals surface area (Å²) in [4.78, 5) is 0. The Morgan fingerprint density at radius 1 is 1.00 bits per heavy atom. The van der Waals surface area contributed by atoms with Crippen LogP contribution in [0, 0.1) is 0 Å². The summed E-state index contributed by atoms with van der Waals surface area (Å²) in [5.74, 6) is 0. The van der Waals surface area contributed by atoms with E-state index in [9.17, 15) is 0 Å². The molecule has 0 amide bonds. The van der Waals surface area contributed by atoms with Crippen molar-refractivity contribution in [2.45, 2.75) is 52.9 Å². The molecule has 0 rings (SSSR count). The van der Waals surface area contributed by atoms with Gasteiger partial charge in [-0.1, -0.05) is 70.8 Å². The third-order valence-corrected chi connectivity index (χ3v) is 1.54. The molecule has 0 saturated heterocycles. The molecule has 0 heterocycles. The first-order valence-corrected chi connectivity index (χ1v) is 5.07. The van der Waals surface area contributed by atoms with Crippen LogP contribution in [-0.4, -0.2) is 0 Å². The van der Waals surface area contributed by atoms with Crippen molar-refractivity contribution in [1.82, 2.24) is 0 Å². The maximum absolute atomic E-state index is 3.46. The summed E-state index contributed by atoms with van der Waals surface area (Å²) in [5, 5.41) is 0. The second-order valence-corrected chi connectivity index (χ2v) is 2.82. The van der Waals surface area contributed by atoms with Gasteiger partial charge in [0.25, 0.3) is 0 Å². The van der Waals surface area contributed by atoms with E-state index in [0.717, 1.165) is 0 Å². The Balaban J connectivity index is 0. The molecule has 0 aromatic rings. The number of allylic oxidation sites excluding steroid dienone is 3. The molecule has 0 N–H and O–H groups in total. The first-order chi connectivity index (χ1) is 5.83. The Kier molecular flexibility index (Phi) is 19.7. The Bertz CT molecular complexity index is 86.2. The molecule has 0 bridgehead atoms. The van der Waals surface area contributed by atoms with Crippen molar-refractivity contribution in [1.29, 1.82) is 0 Å². The van der Waals surface area contributed by atoms with Crippen molar-refractivity contribution in [3.63, 3.8) is 0 Å². The first-order valence-electron chi connectivity index (χ1n) is 5.07. The molecule has 0 unspecified atom stereocenters. The van der Waals surface area contributed by atoms with Crippen LogP contribution >= 0.6 is 0 Å². The van der Waals surface area contributed by atoms with Gasteiger partial charge in [0.2, 0.25) is 0 Å². The van der Waals surface area contributed by atoms with Crippen LogP contribution < -0.4 is 0 Å². The maximum atomic E-state index is 3.46. The van der Waals surface area contributed by atoms with E-state index in [0.29, 0.717) is 0 Å². The lowest BCUT2D eigenvalue weighted by molar-refractivity contribution is 0.656. The van der Waals surface area contributed by atoms with Gasteiger partial charge >= 0.3 is 0 Å². The van der Waals surface area contributed by atoms with Crippen molar-refractivity contribution in [3.05, 3.63) is 24.8 Å². The van der Waals surface area contributed by atoms with Gasteiger partial charge in [0.15, 0.2) is 0 Å². The van der Waals surface area contributed by atoms with Crippen LogP contribution in [0.15, 0.2) is 24.8 Å². The average Bonchev–Trinajstić information content (AvgIpc) is 2.08. The number of hydrogen-bond donors (Lipinski definition) is 0. The molecule has 0 aliphatic heterocycles. The van der Waals surface area contributed by atoms with Crippen molar-refractivity contribution in [2.75, 3.05) is 0 Å². The third kappa shape index (κ3) is 22.7. The minimum atomic E-state index is 1.36. The van der Waals surface area contributed by atoms with Crippen LogP contribution in [0.3, 0.4) is 0 Å². The summed E-state index contributed by atoms with van der Waals surface area (Å²) in [6, 6.07) is 0. The lowest BCUT2D eigenvalue weighted by Gasteiger charge is -1.90. The van der Waals surface area contributed by atoms with E-state index in [1.807, 2.05) is 19.1 Å². The smallest absolute Gasteiger partial charge is 0.0467 e. The van der Waals surface area contributed by atoms with Crippen LogP contribution in [0.1, 0.15) is 52.9 Å². The lowest BCUT2D eigenvalue weighted by atomic mass is 10.2.